The molecule has 0 saturated heterocycles. The smallest absolute Gasteiger partial charge is 0.307 e. The molecule has 120 valence electrons. The molecule has 0 radical (unpaired) electrons. The first-order valence-corrected chi connectivity index (χ1v) is 8.47. The van der Waals surface area contributed by atoms with Gasteiger partial charge in [0, 0.05) is 6.42 Å². The van der Waals surface area contributed by atoms with Crippen LogP contribution < -0.4 is 0 Å². The van der Waals surface area contributed by atoms with E-state index in [0.717, 1.165) is 19.3 Å². The summed E-state index contributed by atoms with van der Waals surface area (Å²) in [6.45, 7) is 4.29. The third-order valence-electron chi connectivity index (χ3n) is 3.68. The van der Waals surface area contributed by atoms with Crippen molar-refractivity contribution in [2.24, 2.45) is 0 Å². The van der Waals surface area contributed by atoms with Gasteiger partial charge < -0.3 is 4.74 Å². The Hall–Kier alpha value is -0.570. The van der Waals surface area contributed by atoms with Crippen LogP contribution in [-0.4, -0.2) is 31.2 Å². The Bertz CT molecular complexity index is 229. The van der Waals surface area contributed by atoms with Crippen molar-refractivity contribution in [1.82, 2.24) is 4.90 Å². The van der Waals surface area contributed by atoms with Crippen molar-refractivity contribution in [2.75, 3.05) is 14.1 Å². The molecule has 0 aliphatic rings. The maximum Gasteiger partial charge on any atom is 0.307 e. The first-order valence-electron chi connectivity index (χ1n) is 8.47. The zero-order valence-electron chi connectivity index (χ0n) is 14.1. The summed E-state index contributed by atoms with van der Waals surface area (Å²) in [5.74, 6) is -0.0477. The van der Waals surface area contributed by atoms with Crippen molar-refractivity contribution in [1.29, 1.82) is 0 Å². The van der Waals surface area contributed by atoms with Gasteiger partial charge in [0.25, 0.3) is 0 Å². The van der Waals surface area contributed by atoms with Crippen LogP contribution in [0.15, 0.2) is 0 Å². The van der Waals surface area contributed by atoms with Crippen molar-refractivity contribution in [3.8, 4) is 0 Å². The Labute approximate surface area is 126 Å². The number of ether oxygens (including phenoxy) is 1. The van der Waals surface area contributed by atoms with Gasteiger partial charge in [-0.05, 0) is 26.9 Å². The van der Waals surface area contributed by atoms with Gasteiger partial charge >= 0.3 is 5.97 Å². The summed E-state index contributed by atoms with van der Waals surface area (Å²) in [6, 6.07) is 0. The lowest BCUT2D eigenvalue weighted by molar-refractivity contribution is -0.157. The average molecular weight is 285 g/mol. The van der Waals surface area contributed by atoms with Crippen LogP contribution in [0.1, 0.15) is 84.5 Å². The highest BCUT2D eigenvalue weighted by Gasteiger charge is 2.13. The fraction of sp³-hybridized carbons (Fsp3) is 0.941. The summed E-state index contributed by atoms with van der Waals surface area (Å²) in [7, 11) is 3.89. The number of carbonyl (C=O) groups is 1. The van der Waals surface area contributed by atoms with Crippen molar-refractivity contribution in [2.45, 2.75) is 90.7 Å². The van der Waals surface area contributed by atoms with E-state index in [2.05, 4.69) is 6.92 Å². The van der Waals surface area contributed by atoms with Crippen LogP contribution in [0, 0.1) is 0 Å². The van der Waals surface area contributed by atoms with Gasteiger partial charge in [0.2, 0.25) is 0 Å². The van der Waals surface area contributed by atoms with Gasteiger partial charge in [-0.2, -0.15) is 0 Å². The van der Waals surface area contributed by atoms with Gasteiger partial charge in [0.15, 0.2) is 6.23 Å². The molecule has 0 fully saturated rings. The molecular weight excluding hydrogens is 250 g/mol. The maximum absolute atomic E-state index is 11.7. The zero-order valence-corrected chi connectivity index (χ0v) is 14.1. The van der Waals surface area contributed by atoms with E-state index in [1.807, 2.05) is 25.9 Å². The minimum atomic E-state index is -0.0685. The van der Waals surface area contributed by atoms with Gasteiger partial charge in [0.05, 0.1) is 0 Å². The molecule has 3 nitrogen and oxygen atoms in total. The Morgan fingerprint density at radius 1 is 0.900 bits per heavy atom. The molecule has 0 aliphatic heterocycles. The number of unbranched alkanes of at least 4 members (excludes halogenated alkanes) is 8. The van der Waals surface area contributed by atoms with Gasteiger partial charge in [-0.1, -0.05) is 65.2 Å². The minimum absolute atomic E-state index is 0.0477. The number of nitrogens with zero attached hydrogens (tertiary/aromatic N) is 1. The van der Waals surface area contributed by atoms with E-state index < -0.39 is 0 Å². The van der Waals surface area contributed by atoms with E-state index in [1.165, 1.54) is 44.9 Å². The van der Waals surface area contributed by atoms with Gasteiger partial charge in [-0.3, -0.25) is 9.69 Å². The molecule has 0 aromatic rings. The first kappa shape index (κ1) is 19.4. The molecular formula is C17H35NO2. The normalized spacial score (nSPS) is 12.7. The second-order valence-corrected chi connectivity index (χ2v) is 5.89. The van der Waals surface area contributed by atoms with Gasteiger partial charge in [0.1, 0.15) is 0 Å². The monoisotopic (exact) mass is 285 g/mol. The summed E-state index contributed by atoms with van der Waals surface area (Å²) >= 11 is 0. The maximum atomic E-state index is 11.7. The lowest BCUT2D eigenvalue weighted by atomic mass is 10.1. The molecule has 0 spiro atoms. The number of hydrogen-bond acceptors (Lipinski definition) is 3. The van der Waals surface area contributed by atoms with Crippen LogP contribution in [0.3, 0.4) is 0 Å². The molecule has 0 aliphatic carbocycles. The molecule has 0 N–H and O–H groups in total. The summed E-state index contributed by atoms with van der Waals surface area (Å²) in [5, 5.41) is 0. The van der Waals surface area contributed by atoms with Crippen LogP contribution in [0.4, 0.5) is 0 Å². The predicted octanol–water partition coefficient (Wildman–Crippen LogP) is 4.75. The topological polar surface area (TPSA) is 29.5 Å². The number of esters is 1. The SMILES string of the molecule is CCCCCCCCCCCC(=O)OC(CC)N(C)C. The highest BCUT2D eigenvalue weighted by molar-refractivity contribution is 5.69. The van der Waals surface area contributed by atoms with Gasteiger partial charge in [-0.15, -0.1) is 0 Å². The van der Waals surface area contributed by atoms with Crippen LogP contribution in [0.25, 0.3) is 0 Å². The molecule has 20 heavy (non-hydrogen) atoms. The van der Waals surface area contributed by atoms with Crippen molar-refractivity contribution in [3.63, 3.8) is 0 Å². The predicted molar refractivity (Wildman–Crippen MR) is 85.7 cm³/mol. The molecule has 1 unspecified atom stereocenters. The van der Waals surface area contributed by atoms with Crippen LogP contribution in [0.5, 0.6) is 0 Å². The quantitative estimate of drug-likeness (QED) is 0.278. The number of hydrogen-bond donors (Lipinski definition) is 0. The zero-order chi connectivity index (χ0) is 15.2. The highest BCUT2D eigenvalue weighted by atomic mass is 16.6. The van der Waals surface area contributed by atoms with Crippen molar-refractivity contribution < 1.29 is 9.53 Å². The fourth-order valence-electron chi connectivity index (χ4n) is 2.34. The lowest BCUT2D eigenvalue weighted by Crippen LogP contribution is -2.32. The first-order chi connectivity index (χ1) is 9.61. The van der Waals surface area contributed by atoms with Crippen molar-refractivity contribution >= 4 is 5.97 Å². The number of carbonyl (C=O) groups excluding carboxylic acids is 1. The Morgan fingerprint density at radius 2 is 1.40 bits per heavy atom. The largest absolute Gasteiger partial charge is 0.446 e. The van der Waals surface area contributed by atoms with Crippen LogP contribution in [0.2, 0.25) is 0 Å². The summed E-state index contributed by atoms with van der Waals surface area (Å²) in [4.78, 5) is 13.6. The Balaban J connectivity index is 3.39. The van der Waals surface area contributed by atoms with Crippen LogP contribution >= 0.6 is 0 Å². The second-order valence-electron chi connectivity index (χ2n) is 5.89. The van der Waals surface area contributed by atoms with Gasteiger partial charge in [-0.25, -0.2) is 0 Å². The summed E-state index contributed by atoms with van der Waals surface area (Å²) < 4.78 is 5.42. The molecule has 3 heteroatoms. The van der Waals surface area contributed by atoms with Crippen LogP contribution in [-0.2, 0) is 9.53 Å². The Morgan fingerprint density at radius 3 is 1.85 bits per heavy atom. The van der Waals surface area contributed by atoms with E-state index >= 15 is 0 Å². The standard InChI is InChI=1S/C17H35NO2/c1-5-7-8-9-10-11-12-13-14-15-17(19)20-16(6-2)18(3)4/h16H,5-15H2,1-4H3. The molecule has 0 aromatic heterocycles. The third kappa shape index (κ3) is 11.3. The lowest BCUT2D eigenvalue weighted by Gasteiger charge is -2.22. The summed E-state index contributed by atoms with van der Waals surface area (Å²) in [5.41, 5.74) is 0. The molecule has 0 amide bonds. The molecule has 0 heterocycles. The van der Waals surface area contributed by atoms with E-state index in [-0.39, 0.29) is 12.2 Å². The molecule has 0 aromatic carbocycles. The molecule has 0 bridgehead atoms. The minimum Gasteiger partial charge on any atom is -0.446 e. The highest BCUT2D eigenvalue weighted by Crippen LogP contribution is 2.11. The fourth-order valence-corrected chi connectivity index (χ4v) is 2.34. The summed E-state index contributed by atoms with van der Waals surface area (Å²) in [6.07, 6.45) is 12.8. The number of rotatable bonds is 13. The van der Waals surface area contributed by atoms with E-state index in [1.54, 1.807) is 0 Å². The molecule has 0 saturated carbocycles. The molecule has 1 atom stereocenters. The van der Waals surface area contributed by atoms with E-state index in [4.69, 9.17) is 4.74 Å². The van der Waals surface area contributed by atoms with E-state index in [9.17, 15) is 4.79 Å². The third-order valence-corrected chi connectivity index (χ3v) is 3.68. The average Bonchev–Trinajstić information content (AvgIpc) is 2.42. The molecule has 0 rings (SSSR count). The Kier molecular flexibility index (Phi) is 13.0. The van der Waals surface area contributed by atoms with E-state index in [0.29, 0.717) is 6.42 Å². The van der Waals surface area contributed by atoms with Crippen molar-refractivity contribution in [3.05, 3.63) is 0 Å². The second kappa shape index (κ2) is 13.4.